The molecule has 1 aromatic heterocycles. The fourth-order valence-electron chi connectivity index (χ4n) is 3.25. The molecule has 134 valence electrons. The van der Waals surface area contributed by atoms with E-state index in [1.54, 1.807) is 23.7 Å². The van der Waals surface area contributed by atoms with E-state index >= 15 is 0 Å². The van der Waals surface area contributed by atoms with Gasteiger partial charge in [0.25, 0.3) is 5.91 Å². The number of aliphatic hydroxyl groups excluding tert-OH is 1. The number of aromatic nitrogens is 2. The molecule has 6 nitrogen and oxygen atoms in total. The van der Waals surface area contributed by atoms with Gasteiger partial charge in [0.15, 0.2) is 0 Å². The van der Waals surface area contributed by atoms with E-state index < -0.39 is 6.10 Å². The summed E-state index contributed by atoms with van der Waals surface area (Å²) >= 11 is 0. The highest BCUT2D eigenvalue weighted by Gasteiger charge is 2.25. The van der Waals surface area contributed by atoms with Crippen LogP contribution in [0.4, 0.5) is 4.39 Å². The van der Waals surface area contributed by atoms with Gasteiger partial charge in [-0.15, -0.1) is 0 Å². The molecular weight excluding hydrogens is 323 g/mol. The lowest BCUT2D eigenvalue weighted by Crippen LogP contribution is -2.45. The zero-order chi connectivity index (χ0) is 18.0. The first-order valence-electron chi connectivity index (χ1n) is 8.46. The standard InChI is InChI=1S/C18H23FN4O2/c1-11-17(18(25)21-9-13-7-8-20-10-16(13)24)12(2)23(22-11)15-5-3-14(19)4-6-15/h3-6,13,16,20,24H,7-10H2,1-2H3,(H,21,25)/t13-,16+/m0/s1. The second-order valence-electron chi connectivity index (χ2n) is 6.46. The number of hydrogen-bond acceptors (Lipinski definition) is 4. The number of rotatable bonds is 4. The molecule has 1 aliphatic heterocycles. The summed E-state index contributed by atoms with van der Waals surface area (Å²) in [5.74, 6) is -0.462. The zero-order valence-corrected chi connectivity index (χ0v) is 14.4. The largest absolute Gasteiger partial charge is 0.391 e. The van der Waals surface area contributed by atoms with Gasteiger partial charge in [-0.2, -0.15) is 5.10 Å². The molecule has 0 spiro atoms. The highest BCUT2D eigenvalue weighted by atomic mass is 19.1. The van der Waals surface area contributed by atoms with Gasteiger partial charge in [-0.05, 0) is 51.1 Å². The molecule has 1 aromatic carbocycles. The molecule has 2 aromatic rings. The first-order chi connectivity index (χ1) is 12.0. The number of amides is 1. The fraction of sp³-hybridized carbons (Fsp3) is 0.444. The first kappa shape index (κ1) is 17.6. The number of aliphatic hydroxyl groups is 1. The third-order valence-electron chi connectivity index (χ3n) is 4.70. The molecule has 7 heteroatoms. The highest BCUT2D eigenvalue weighted by molar-refractivity contribution is 5.96. The second kappa shape index (κ2) is 7.33. The van der Waals surface area contributed by atoms with E-state index in [2.05, 4.69) is 15.7 Å². The van der Waals surface area contributed by atoms with Crippen LogP contribution in [0.1, 0.15) is 28.2 Å². The van der Waals surface area contributed by atoms with Crippen molar-refractivity contribution >= 4 is 5.91 Å². The average Bonchev–Trinajstić information content (AvgIpc) is 2.89. The van der Waals surface area contributed by atoms with Crippen molar-refractivity contribution in [2.75, 3.05) is 19.6 Å². The van der Waals surface area contributed by atoms with Gasteiger partial charge in [-0.25, -0.2) is 9.07 Å². The van der Waals surface area contributed by atoms with E-state index in [-0.39, 0.29) is 17.6 Å². The number of halogens is 1. The molecule has 2 atom stereocenters. The minimum absolute atomic E-state index is 0.0537. The van der Waals surface area contributed by atoms with Crippen LogP contribution in [0, 0.1) is 25.6 Å². The zero-order valence-electron chi connectivity index (χ0n) is 14.4. The predicted octanol–water partition coefficient (Wildman–Crippen LogP) is 1.33. The summed E-state index contributed by atoms with van der Waals surface area (Å²) in [4.78, 5) is 12.6. The average molecular weight is 346 g/mol. The summed E-state index contributed by atoms with van der Waals surface area (Å²) in [5.41, 5.74) is 2.54. The number of piperidine rings is 1. The molecule has 1 saturated heterocycles. The summed E-state index contributed by atoms with van der Waals surface area (Å²) in [6, 6.07) is 5.98. The molecule has 3 rings (SSSR count). The lowest BCUT2D eigenvalue weighted by atomic mass is 9.95. The Morgan fingerprint density at radius 1 is 1.40 bits per heavy atom. The minimum Gasteiger partial charge on any atom is -0.391 e. The van der Waals surface area contributed by atoms with Crippen molar-refractivity contribution in [3.63, 3.8) is 0 Å². The van der Waals surface area contributed by atoms with Crippen LogP contribution >= 0.6 is 0 Å². The molecular formula is C18H23FN4O2. The fourth-order valence-corrected chi connectivity index (χ4v) is 3.25. The molecule has 2 heterocycles. The third-order valence-corrected chi connectivity index (χ3v) is 4.70. The van der Waals surface area contributed by atoms with E-state index in [0.717, 1.165) is 13.0 Å². The lowest BCUT2D eigenvalue weighted by molar-refractivity contribution is 0.0753. The van der Waals surface area contributed by atoms with Crippen LogP contribution < -0.4 is 10.6 Å². The molecule has 0 radical (unpaired) electrons. The quantitative estimate of drug-likeness (QED) is 0.780. The Kier molecular flexibility index (Phi) is 5.15. The van der Waals surface area contributed by atoms with Gasteiger partial charge < -0.3 is 15.7 Å². The number of nitrogens with one attached hydrogen (secondary N) is 2. The van der Waals surface area contributed by atoms with Crippen molar-refractivity contribution in [1.29, 1.82) is 0 Å². The molecule has 1 aliphatic rings. The SMILES string of the molecule is Cc1nn(-c2ccc(F)cc2)c(C)c1C(=O)NC[C@@H]1CCNC[C@H]1O. The van der Waals surface area contributed by atoms with Gasteiger partial charge in [0.2, 0.25) is 0 Å². The summed E-state index contributed by atoms with van der Waals surface area (Å²) < 4.78 is 14.7. The number of hydrogen-bond donors (Lipinski definition) is 3. The van der Waals surface area contributed by atoms with Crippen molar-refractivity contribution in [3.8, 4) is 5.69 Å². The van der Waals surface area contributed by atoms with E-state index in [0.29, 0.717) is 35.7 Å². The molecule has 0 aliphatic carbocycles. The maximum Gasteiger partial charge on any atom is 0.255 e. The molecule has 3 N–H and O–H groups in total. The molecule has 0 saturated carbocycles. The number of β-amino-alcohol motifs (C(OH)–C–C–N with tert-alkyl or cyclic N) is 1. The molecule has 1 amide bonds. The van der Waals surface area contributed by atoms with Crippen molar-refractivity contribution < 1.29 is 14.3 Å². The van der Waals surface area contributed by atoms with Crippen LogP contribution in [0.25, 0.3) is 5.69 Å². The Hall–Kier alpha value is -2.25. The Morgan fingerprint density at radius 3 is 2.80 bits per heavy atom. The van der Waals surface area contributed by atoms with E-state index in [1.165, 1.54) is 12.1 Å². The van der Waals surface area contributed by atoms with Crippen LogP contribution in [0.3, 0.4) is 0 Å². The van der Waals surface area contributed by atoms with Crippen LogP contribution in [0.2, 0.25) is 0 Å². The maximum absolute atomic E-state index is 13.1. The van der Waals surface area contributed by atoms with Gasteiger partial charge in [-0.3, -0.25) is 4.79 Å². The minimum atomic E-state index is -0.446. The predicted molar refractivity (Wildman–Crippen MR) is 92.3 cm³/mol. The topological polar surface area (TPSA) is 79.2 Å². The molecule has 1 fully saturated rings. The smallest absolute Gasteiger partial charge is 0.255 e. The molecule has 0 bridgehead atoms. The first-order valence-corrected chi connectivity index (χ1v) is 8.46. The van der Waals surface area contributed by atoms with Gasteiger partial charge in [-0.1, -0.05) is 0 Å². The number of carbonyl (C=O) groups is 1. The van der Waals surface area contributed by atoms with E-state index in [1.807, 2.05) is 6.92 Å². The summed E-state index contributed by atoms with van der Waals surface area (Å²) in [6.45, 7) is 5.43. The van der Waals surface area contributed by atoms with Crippen molar-refractivity contribution in [2.45, 2.75) is 26.4 Å². The maximum atomic E-state index is 13.1. The van der Waals surface area contributed by atoms with Gasteiger partial charge >= 0.3 is 0 Å². The van der Waals surface area contributed by atoms with Crippen molar-refractivity contribution in [2.24, 2.45) is 5.92 Å². The van der Waals surface area contributed by atoms with Gasteiger partial charge in [0.1, 0.15) is 5.82 Å². The summed E-state index contributed by atoms with van der Waals surface area (Å²) in [7, 11) is 0. The van der Waals surface area contributed by atoms with Crippen molar-refractivity contribution in [3.05, 3.63) is 47.0 Å². The van der Waals surface area contributed by atoms with Gasteiger partial charge in [0.05, 0.1) is 28.7 Å². The van der Waals surface area contributed by atoms with Crippen LogP contribution in [0.15, 0.2) is 24.3 Å². The van der Waals surface area contributed by atoms with Crippen LogP contribution in [-0.4, -0.2) is 46.5 Å². The second-order valence-corrected chi connectivity index (χ2v) is 6.46. The van der Waals surface area contributed by atoms with Gasteiger partial charge in [0, 0.05) is 19.0 Å². The Labute approximate surface area is 146 Å². The lowest BCUT2D eigenvalue weighted by Gasteiger charge is -2.28. The Bertz CT molecular complexity index is 757. The highest BCUT2D eigenvalue weighted by Crippen LogP contribution is 2.19. The molecule has 0 unspecified atom stereocenters. The number of aryl methyl sites for hydroxylation is 1. The molecule has 25 heavy (non-hydrogen) atoms. The summed E-state index contributed by atoms with van der Waals surface area (Å²) in [6.07, 6.45) is 0.382. The van der Waals surface area contributed by atoms with E-state index in [9.17, 15) is 14.3 Å². The normalized spacial score (nSPS) is 20.5. The van der Waals surface area contributed by atoms with Crippen molar-refractivity contribution in [1.82, 2.24) is 20.4 Å². The summed E-state index contributed by atoms with van der Waals surface area (Å²) in [5, 5.41) is 20.4. The Balaban J connectivity index is 1.75. The Morgan fingerprint density at radius 2 is 2.12 bits per heavy atom. The number of benzene rings is 1. The van der Waals surface area contributed by atoms with Crippen LogP contribution in [0.5, 0.6) is 0 Å². The number of carbonyl (C=O) groups excluding carboxylic acids is 1. The van der Waals surface area contributed by atoms with E-state index in [4.69, 9.17) is 0 Å². The monoisotopic (exact) mass is 346 g/mol. The van der Waals surface area contributed by atoms with Crippen LogP contribution in [-0.2, 0) is 0 Å². The third kappa shape index (κ3) is 3.72. The number of nitrogens with zero attached hydrogens (tertiary/aromatic N) is 2.